The number of nitrogen functional groups attached to an aromatic ring is 1. The highest BCUT2D eigenvalue weighted by Gasteiger charge is 2.03. The van der Waals surface area contributed by atoms with Crippen LogP contribution in [-0.4, -0.2) is 11.7 Å². The third-order valence-electron chi connectivity index (χ3n) is 2.57. The van der Waals surface area contributed by atoms with Crippen molar-refractivity contribution >= 4 is 17.1 Å². The molecule has 0 aliphatic rings. The summed E-state index contributed by atoms with van der Waals surface area (Å²) in [5, 5.41) is 12.3. The van der Waals surface area contributed by atoms with E-state index in [1.165, 1.54) is 0 Å². The smallest absolute Gasteiger partial charge is 0.0472 e. The van der Waals surface area contributed by atoms with Crippen molar-refractivity contribution in [2.24, 2.45) is 0 Å². The number of anilines is 3. The molecule has 2 aromatic rings. The Morgan fingerprint density at radius 1 is 1.06 bits per heavy atom. The van der Waals surface area contributed by atoms with Gasteiger partial charge in [-0.25, -0.2) is 0 Å². The molecule has 0 saturated carbocycles. The van der Waals surface area contributed by atoms with Gasteiger partial charge in [-0.15, -0.1) is 0 Å². The fourth-order valence-electron chi connectivity index (χ4n) is 1.73. The number of benzene rings is 2. The maximum Gasteiger partial charge on any atom is 0.0472 e. The molecule has 2 aromatic carbocycles. The van der Waals surface area contributed by atoms with Gasteiger partial charge in [-0.1, -0.05) is 24.3 Å². The van der Waals surface area contributed by atoms with Crippen molar-refractivity contribution in [2.45, 2.75) is 6.42 Å². The highest BCUT2D eigenvalue weighted by molar-refractivity contribution is 5.67. The molecule has 4 N–H and O–H groups in total. The molecule has 0 heterocycles. The SMILES string of the molecule is Nc1ccc(CCO)c(Nc2ccccc2)c1. The van der Waals surface area contributed by atoms with Crippen molar-refractivity contribution < 1.29 is 5.11 Å². The normalized spacial score (nSPS) is 10.2. The molecule has 0 saturated heterocycles. The van der Waals surface area contributed by atoms with Crippen molar-refractivity contribution in [1.29, 1.82) is 0 Å². The molecule has 3 heteroatoms. The summed E-state index contributed by atoms with van der Waals surface area (Å²) < 4.78 is 0. The first-order valence-electron chi connectivity index (χ1n) is 5.61. The third kappa shape index (κ3) is 2.98. The lowest BCUT2D eigenvalue weighted by Crippen LogP contribution is -2.00. The van der Waals surface area contributed by atoms with Crippen LogP contribution < -0.4 is 11.1 Å². The van der Waals surface area contributed by atoms with E-state index in [0.29, 0.717) is 12.1 Å². The van der Waals surface area contributed by atoms with E-state index in [2.05, 4.69) is 5.32 Å². The number of para-hydroxylation sites is 1. The molecule has 0 atom stereocenters. The summed E-state index contributed by atoms with van der Waals surface area (Å²) >= 11 is 0. The Kier molecular flexibility index (Phi) is 3.62. The van der Waals surface area contributed by atoms with E-state index in [9.17, 15) is 0 Å². The summed E-state index contributed by atoms with van der Waals surface area (Å²) in [7, 11) is 0. The van der Waals surface area contributed by atoms with Crippen molar-refractivity contribution in [3.05, 3.63) is 54.1 Å². The lowest BCUT2D eigenvalue weighted by molar-refractivity contribution is 0.300. The van der Waals surface area contributed by atoms with Crippen LogP contribution in [0.25, 0.3) is 0 Å². The highest BCUT2D eigenvalue weighted by Crippen LogP contribution is 2.23. The molecule has 0 aliphatic carbocycles. The van der Waals surface area contributed by atoms with E-state index in [1.54, 1.807) is 0 Å². The average Bonchev–Trinajstić information content (AvgIpc) is 2.34. The van der Waals surface area contributed by atoms with Crippen LogP contribution in [0.3, 0.4) is 0 Å². The molecule has 0 unspecified atom stereocenters. The summed E-state index contributed by atoms with van der Waals surface area (Å²) in [6.07, 6.45) is 0.620. The fourth-order valence-corrected chi connectivity index (χ4v) is 1.73. The van der Waals surface area contributed by atoms with Gasteiger partial charge in [0.25, 0.3) is 0 Å². The van der Waals surface area contributed by atoms with Crippen molar-refractivity contribution in [2.75, 3.05) is 17.7 Å². The van der Waals surface area contributed by atoms with Crippen molar-refractivity contribution in [1.82, 2.24) is 0 Å². The average molecular weight is 228 g/mol. The first-order chi connectivity index (χ1) is 8.29. The third-order valence-corrected chi connectivity index (χ3v) is 2.57. The number of nitrogens with two attached hydrogens (primary N) is 1. The standard InChI is InChI=1S/C14H16N2O/c15-12-7-6-11(8-9-17)14(10-12)16-13-4-2-1-3-5-13/h1-7,10,16-17H,8-9,15H2. The van der Waals surface area contributed by atoms with E-state index in [-0.39, 0.29) is 6.61 Å². The zero-order chi connectivity index (χ0) is 12.1. The zero-order valence-electron chi connectivity index (χ0n) is 9.56. The number of aliphatic hydroxyl groups is 1. The van der Waals surface area contributed by atoms with Crippen molar-refractivity contribution in [3.63, 3.8) is 0 Å². The first-order valence-corrected chi connectivity index (χ1v) is 5.61. The van der Waals surface area contributed by atoms with E-state index in [4.69, 9.17) is 10.8 Å². The minimum Gasteiger partial charge on any atom is -0.399 e. The van der Waals surface area contributed by atoms with Gasteiger partial charge in [0, 0.05) is 23.7 Å². The molecule has 0 amide bonds. The van der Waals surface area contributed by atoms with Crippen molar-refractivity contribution in [3.8, 4) is 0 Å². The Bertz CT molecular complexity index is 483. The predicted octanol–water partition coefficient (Wildman–Crippen LogP) is 2.55. The number of nitrogens with one attached hydrogen (secondary N) is 1. The van der Waals surface area contributed by atoms with E-state index >= 15 is 0 Å². The molecule has 0 aromatic heterocycles. The van der Waals surface area contributed by atoms with Crippen LogP contribution in [0.4, 0.5) is 17.1 Å². The number of aliphatic hydroxyl groups excluding tert-OH is 1. The summed E-state index contributed by atoms with van der Waals surface area (Å²) in [6, 6.07) is 15.6. The predicted molar refractivity (Wildman–Crippen MR) is 71.4 cm³/mol. The molecular formula is C14H16N2O. The van der Waals surface area contributed by atoms with Gasteiger partial charge in [0.2, 0.25) is 0 Å². The quantitative estimate of drug-likeness (QED) is 0.705. The van der Waals surface area contributed by atoms with Gasteiger partial charge in [0.15, 0.2) is 0 Å². The molecule has 0 radical (unpaired) electrons. The fraction of sp³-hybridized carbons (Fsp3) is 0.143. The zero-order valence-corrected chi connectivity index (χ0v) is 9.56. The lowest BCUT2D eigenvalue weighted by atomic mass is 10.1. The Hall–Kier alpha value is -2.00. The van der Waals surface area contributed by atoms with Crippen LogP contribution in [0, 0.1) is 0 Å². The summed E-state index contributed by atoms with van der Waals surface area (Å²) in [5.41, 5.74) is 9.51. The molecule has 3 nitrogen and oxygen atoms in total. The summed E-state index contributed by atoms with van der Waals surface area (Å²) in [6.45, 7) is 0.132. The topological polar surface area (TPSA) is 58.3 Å². The van der Waals surface area contributed by atoms with Crippen LogP contribution in [0.15, 0.2) is 48.5 Å². The van der Waals surface area contributed by atoms with Gasteiger partial charge in [0.1, 0.15) is 0 Å². The molecule has 17 heavy (non-hydrogen) atoms. The highest BCUT2D eigenvalue weighted by atomic mass is 16.2. The second kappa shape index (κ2) is 5.37. The van der Waals surface area contributed by atoms with Crippen LogP contribution in [0.1, 0.15) is 5.56 Å². The van der Waals surface area contributed by atoms with E-state index in [0.717, 1.165) is 16.9 Å². The van der Waals surface area contributed by atoms with Gasteiger partial charge in [-0.3, -0.25) is 0 Å². The van der Waals surface area contributed by atoms with Gasteiger partial charge in [-0.05, 0) is 36.2 Å². The van der Waals surface area contributed by atoms with E-state index in [1.807, 2.05) is 48.5 Å². The largest absolute Gasteiger partial charge is 0.399 e. The molecule has 88 valence electrons. The van der Waals surface area contributed by atoms with Crippen LogP contribution in [0.2, 0.25) is 0 Å². The lowest BCUT2D eigenvalue weighted by Gasteiger charge is -2.12. The molecule has 0 bridgehead atoms. The molecule has 0 fully saturated rings. The number of hydrogen-bond donors (Lipinski definition) is 3. The maximum atomic E-state index is 9.02. The second-order valence-electron chi connectivity index (χ2n) is 3.88. The Labute approximate surface area is 101 Å². The Morgan fingerprint density at radius 3 is 2.53 bits per heavy atom. The minimum absolute atomic E-state index is 0.132. The Balaban J connectivity index is 2.27. The maximum absolute atomic E-state index is 9.02. The number of hydrogen-bond acceptors (Lipinski definition) is 3. The van der Waals surface area contributed by atoms with Gasteiger partial charge >= 0.3 is 0 Å². The van der Waals surface area contributed by atoms with Gasteiger partial charge < -0.3 is 16.2 Å². The number of rotatable bonds is 4. The molecule has 0 spiro atoms. The van der Waals surface area contributed by atoms with E-state index < -0.39 is 0 Å². The molecule has 0 aliphatic heterocycles. The molecule has 2 rings (SSSR count). The Morgan fingerprint density at radius 2 is 1.82 bits per heavy atom. The van der Waals surface area contributed by atoms with Crippen LogP contribution >= 0.6 is 0 Å². The second-order valence-corrected chi connectivity index (χ2v) is 3.88. The summed E-state index contributed by atoms with van der Waals surface area (Å²) in [4.78, 5) is 0. The first kappa shape index (κ1) is 11.5. The summed E-state index contributed by atoms with van der Waals surface area (Å²) in [5.74, 6) is 0. The van der Waals surface area contributed by atoms with Gasteiger partial charge in [0.05, 0.1) is 0 Å². The monoisotopic (exact) mass is 228 g/mol. The van der Waals surface area contributed by atoms with Crippen LogP contribution in [-0.2, 0) is 6.42 Å². The van der Waals surface area contributed by atoms with Gasteiger partial charge in [-0.2, -0.15) is 0 Å². The molecular weight excluding hydrogens is 212 g/mol. The minimum atomic E-state index is 0.132. The van der Waals surface area contributed by atoms with Crippen LogP contribution in [0.5, 0.6) is 0 Å².